The number of fused-ring (bicyclic) bond motifs is 1. The topological polar surface area (TPSA) is 92.9 Å². The summed E-state index contributed by atoms with van der Waals surface area (Å²) in [5.41, 5.74) is 2.17. The van der Waals surface area contributed by atoms with Gasteiger partial charge in [0.05, 0.1) is 6.20 Å². The summed E-state index contributed by atoms with van der Waals surface area (Å²) in [4.78, 5) is 11.0. The van der Waals surface area contributed by atoms with E-state index in [9.17, 15) is 9.50 Å². The van der Waals surface area contributed by atoms with Crippen LogP contribution >= 0.6 is 0 Å². The summed E-state index contributed by atoms with van der Waals surface area (Å²) >= 11 is 0. The molecule has 1 fully saturated rings. The molecule has 0 spiro atoms. The SMILES string of the molecule is CC(C)[C@@H]1CCCN(c2ncc(-c3ncc(-c4cc(F)c5nn(C)cc5c4)cc3O)nn2)C1. The molecule has 0 amide bonds. The van der Waals surface area contributed by atoms with Crippen molar-refractivity contribution in [1.82, 2.24) is 29.9 Å². The molecular weight excluding hydrogens is 421 g/mol. The highest BCUT2D eigenvalue weighted by Gasteiger charge is 2.24. The zero-order valence-electron chi connectivity index (χ0n) is 18.9. The highest BCUT2D eigenvalue weighted by molar-refractivity contribution is 5.85. The maximum atomic E-state index is 14.5. The number of rotatable bonds is 4. The Bertz CT molecular complexity index is 1300. The minimum atomic E-state index is -0.422. The molecule has 0 aliphatic carbocycles. The first-order valence-corrected chi connectivity index (χ1v) is 11.2. The second kappa shape index (κ2) is 8.38. The van der Waals surface area contributed by atoms with Crippen molar-refractivity contribution in [2.45, 2.75) is 26.7 Å². The number of hydrogen-bond donors (Lipinski definition) is 1. The number of anilines is 1. The van der Waals surface area contributed by atoms with Gasteiger partial charge in [-0.3, -0.25) is 4.68 Å². The second-order valence-electron chi connectivity index (χ2n) is 9.03. The minimum Gasteiger partial charge on any atom is -0.506 e. The third-order valence-electron chi connectivity index (χ3n) is 6.35. The van der Waals surface area contributed by atoms with E-state index in [1.165, 1.54) is 12.5 Å². The first-order valence-electron chi connectivity index (χ1n) is 11.2. The zero-order chi connectivity index (χ0) is 23.1. The Balaban J connectivity index is 1.40. The summed E-state index contributed by atoms with van der Waals surface area (Å²) in [6.07, 6.45) is 7.26. The Labute approximate surface area is 191 Å². The molecule has 5 rings (SSSR count). The van der Waals surface area contributed by atoms with Crippen LogP contribution < -0.4 is 4.90 Å². The van der Waals surface area contributed by atoms with Gasteiger partial charge in [-0.2, -0.15) is 5.10 Å². The van der Waals surface area contributed by atoms with E-state index in [0.29, 0.717) is 45.5 Å². The van der Waals surface area contributed by atoms with Crippen LogP contribution in [0.2, 0.25) is 0 Å². The molecule has 1 atom stereocenters. The molecule has 0 bridgehead atoms. The molecule has 4 aromatic rings. The van der Waals surface area contributed by atoms with E-state index in [-0.39, 0.29) is 11.4 Å². The van der Waals surface area contributed by atoms with Crippen LogP contribution in [-0.2, 0) is 7.05 Å². The van der Waals surface area contributed by atoms with Crippen LogP contribution in [0.1, 0.15) is 26.7 Å². The fourth-order valence-corrected chi connectivity index (χ4v) is 4.45. The smallest absolute Gasteiger partial charge is 0.245 e. The van der Waals surface area contributed by atoms with Crippen LogP contribution in [0.3, 0.4) is 0 Å². The number of aromatic nitrogens is 6. The average molecular weight is 448 g/mol. The summed E-state index contributed by atoms with van der Waals surface area (Å²) < 4.78 is 16.0. The largest absolute Gasteiger partial charge is 0.506 e. The lowest BCUT2D eigenvalue weighted by Gasteiger charge is -2.34. The summed E-state index contributed by atoms with van der Waals surface area (Å²) in [5.74, 6) is 1.35. The predicted octanol–water partition coefficient (Wildman–Crippen LogP) is 4.20. The quantitative estimate of drug-likeness (QED) is 0.501. The van der Waals surface area contributed by atoms with Gasteiger partial charge in [0.25, 0.3) is 0 Å². The maximum Gasteiger partial charge on any atom is 0.245 e. The van der Waals surface area contributed by atoms with Gasteiger partial charge in [-0.05, 0) is 48.4 Å². The third kappa shape index (κ3) is 4.10. The molecule has 1 aromatic carbocycles. The number of aryl methyl sites for hydroxylation is 1. The van der Waals surface area contributed by atoms with Gasteiger partial charge in [-0.25, -0.2) is 14.4 Å². The Kier molecular flexibility index (Phi) is 5.39. The van der Waals surface area contributed by atoms with Crippen LogP contribution in [0, 0.1) is 17.7 Å². The highest BCUT2D eigenvalue weighted by atomic mass is 19.1. The number of nitrogens with zero attached hydrogens (tertiary/aromatic N) is 7. The van der Waals surface area contributed by atoms with E-state index in [1.54, 1.807) is 36.4 Å². The molecule has 9 heteroatoms. The van der Waals surface area contributed by atoms with Crippen LogP contribution in [0.5, 0.6) is 5.75 Å². The van der Waals surface area contributed by atoms with Gasteiger partial charge >= 0.3 is 0 Å². The molecule has 1 saturated heterocycles. The fourth-order valence-electron chi connectivity index (χ4n) is 4.45. The second-order valence-corrected chi connectivity index (χ2v) is 9.03. The van der Waals surface area contributed by atoms with Crippen molar-refractivity contribution in [3.63, 3.8) is 0 Å². The predicted molar refractivity (Wildman–Crippen MR) is 124 cm³/mol. The summed E-state index contributed by atoms with van der Waals surface area (Å²) in [7, 11) is 1.75. The van der Waals surface area contributed by atoms with Crippen molar-refractivity contribution in [1.29, 1.82) is 0 Å². The van der Waals surface area contributed by atoms with E-state index in [1.807, 2.05) is 6.07 Å². The van der Waals surface area contributed by atoms with Crippen molar-refractivity contribution in [2.75, 3.05) is 18.0 Å². The fraction of sp³-hybridized carbons (Fsp3) is 0.375. The number of pyridine rings is 1. The average Bonchev–Trinajstić information content (AvgIpc) is 3.20. The molecule has 0 radical (unpaired) electrons. The Morgan fingerprint density at radius 2 is 1.94 bits per heavy atom. The molecule has 1 aliphatic heterocycles. The summed E-state index contributed by atoms with van der Waals surface area (Å²) in [5, 5.41) is 24.0. The van der Waals surface area contributed by atoms with E-state index in [2.05, 4.69) is 44.0 Å². The lowest BCUT2D eigenvalue weighted by atomic mass is 9.88. The van der Waals surface area contributed by atoms with Gasteiger partial charge in [0.1, 0.15) is 22.7 Å². The van der Waals surface area contributed by atoms with E-state index in [4.69, 9.17) is 0 Å². The summed E-state index contributed by atoms with van der Waals surface area (Å²) in [6.45, 7) is 6.34. The van der Waals surface area contributed by atoms with Crippen molar-refractivity contribution in [3.05, 3.63) is 42.6 Å². The minimum absolute atomic E-state index is 0.0686. The van der Waals surface area contributed by atoms with Crippen molar-refractivity contribution < 1.29 is 9.50 Å². The molecule has 0 saturated carbocycles. The van der Waals surface area contributed by atoms with Gasteiger partial charge in [0.15, 0.2) is 5.82 Å². The lowest BCUT2D eigenvalue weighted by Crippen LogP contribution is -2.38. The molecule has 0 unspecified atom stereocenters. The van der Waals surface area contributed by atoms with Crippen LogP contribution in [0.4, 0.5) is 10.3 Å². The monoisotopic (exact) mass is 447 g/mol. The number of piperidine rings is 1. The van der Waals surface area contributed by atoms with Gasteiger partial charge < -0.3 is 10.0 Å². The number of halogens is 1. The lowest BCUT2D eigenvalue weighted by molar-refractivity contribution is 0.319. The molecule has 33 heavy (non-hydrogen) atoms. The molecule has 1 aliphatic rings. The van der Waals surface area contributed by atoms with Crippen LogP contribution in [0.25, 0.3) is 33.4 Å². The standard InChI is InChI=1S/C24H26FN7O/c1-14(2)15-5-4-6-32(13-15)24-27-11-20(28-29-24)23-21(33)9-17(10-26-23)16-7-18-12-31(3)30-22(18)19(25)8-16/h7-12,14-15,33H,4-6,13H2,1-3H3/t15-/m1/s1. The van der Waals surface area contributed by atoms with Crippen molar-refractivity contribution >= 4 is 16.9 Å². The summed E-state index contributed by atoms with van der Waals surface area (Å²) in [6, 6.07) is 4.76. The first kappa shape index (κ1) is 21.2. The third-order valence-corrected chi connectivity index (χ3v) is 6.35. The molecule has 8 nitrogen and oxygen atoms in total. The zero-order valence-corrected chi connectivity index (χ0v) is 18.9. The van der Waals surface area contributed by atoms with Gasteiger partial charge in [-0.15, -0.1) is 10.2 Å². The van der Waals surface area contributed by atoms with Crippen LogP contribution in [0.15, 0.2) is 36.8 Å². The van der Waals surface area contributed by atoms with E-state index >= 15 is 0 Å². The molecule has 170 valence electrons. The molecule has 1 N–H and O–H groups in total. The van der Waals surface area contributed by atoms with Gasteiger partial charge in [-0.1, -0.05) is 13.8 Å². The molecular formula is C24H26FN7O. The number of aromatic hydroxyl groups is 1. The van der Waals surface area contributed by atoms with Crippen molar-refractivity contribution in [2.24, 2.45) is 18.9 Å². The molecule has 3 aromatic heterocycles. The molecule has 4 heterocycles. The Morgan fingerprint density at radius 1 is 1.09 bits per heavy atom. The Hall–Kier alpha value is -3.62. The number of hydrogen-bond acceptors (Lipinski definition) is 7. The van der Waals surface area contributed by atoms with Gasteiger partial charge in [0.2, 0.25) is 5.95 Å². The van der Waals surface area contributed by atoms with Gasteiger partial charge in [0, 0.05) is 43.5 Å². The van der Waals surface area contributed by atoms with Crippen molar-refractivity contribution in [3.8, 4) is 28.3 Å². The first-order chi connectivity index (χ1) is 15.9. The Morgan fingerprint density at radius 3 is 2.67 bits per heavy atom. The maximum absolute atomic E-state index is 14.5. The highest BCUT2D eigenvalue weighted by Crippen LogP contribution is 2.32. The number of benzene rings is 1. The normalized spacial score (nSPS) is 16.6. The van der Waals surface area contributed by atoms with E-state index in [0.717, 1.165) is 19.5 Å². The van der Waals surface area contributed by atoms with E-state index < -0.39 is 5.82 Å². The van der Waals surface area contributed by atoms with Crippen LogP contribution in [-0.4, -0.2) is 48.1 Å².